The number of aryl methyl sites for hydroxylation is 1. The van der Waals surface area contributed by atoms with Crippen LogP contribution in [0, 0.1) is 6.92 Å². The van der Waals surface area contributed by atoms with E-state index in [1.807, 2.05) is 19.2 Å². The van der Waals surface area contributed by atoms with Crippen molar-refractivity contribution in [1.29, 1.82) is 0 Å². The van der Waals surface area contributed by atoms with E-state index >= 15 is 0 Å². The highest BCUT2D eigenvalue weighted by Crippen LogP contribution is 2.41. The average Bonchev–Trinajstić information content (AvgIpc) is 3.22. The SMILES string of the molecule is Cc1cnc(CN[C@@H]2CC(=O)N(C3CC3)[C@H]2c2cccnc2)o1. The third-order valence-corrected chi connectivity index (χ3v) is 4.51. The topological polar surface area (TPSA) is 71.3 Å². The van der Waals surface area contributed by atoms with Crippen LogP contribution in [0.25, 0.3) is 0 Å². The summed E-state index contributed by atoms with van der Waals surface area (Å²) >= 11 is 0. The van der Waals surface area contributed by atoms with Gasteiger partial charge >= 0.3 is 0 Å². The summed E-state index contributed by atoms with van der Waals surface area (Å²) in [4.78, 5) is 23.0. The minimum Gasteiger partial charge on any atom is -0.445 e. The molecule has 0 aromatic carbocycles. The highest BCUT2D eigenvalue weighted by atomic mass is 16.4. The van der Waals surface area contributed by atoms with Gasteiger partial charge in [0.1, 0.15) is 5.76 Å². The van der Waals surface area contributed by atoms with Crippen LogP contribution in [0.5, 0.6) is 0 Å². The molecule has 2 aromatic rings. The molecule has 3 heterocycles. The van der Waals surface area contributed by atoms with Crippen LogP contribution >= 0.6 is 0 Å². The Kier molecular flexibility index (Phi) is 3.61. The van der Waals surface area contributed by atoms with Crippen molar-refractivity contribution >= 4 is 5.91 Å². The summed E-state index contributed by atoms with van der Waals surface area (Å²) in [5.41, 5.74) is 1.09. The van der Waals surface area contributed by atoms with Crippen LogP contribution < -0.4 is 5.32 Å². The predicted octanol–water partition coefficient (Wildman–Crippen LogP) is 1.97. The maximum Gasteiger partial charge on any atom is 0.225 e. The second-order valence-electron chi connectivity index (χ2n) is 6.32. The van der Waals surface area contributed by atoms with Crippen molar-refractivity contribution in [3.05, 3.63) is 47.9 Å². The summed E-state index contributed by atoms with van der Waals surface area (Å²) in [6.45, 7) is 2.41. The molecule has 2 aromatic heterocycles. The summed E-state index contributed by atoms with van der Waals surface area (Å²) < 4.78 is 5.51. The number of aromatic nitrogens is 2. The largest absolute Gasteiger partial charge is 0.445 e. The van der Waals surface area contributed by atoms with Crippen LogP contribution in [0.4, 0.5) is 0 Å². The monoisotopic (exact) mass is 312 g/mol. The average molecular weight is 312 g/mol. The summed E-state index contributed by atoms with van der Waals surface area (Å²) in [6, 6.07) is 4.47. The normalized spacial score (nSPS) is 24.4. The lowest BCUT2D eigenvalue weighted by molar-refractivity contribution is -0.129. The molecule has 2 aliphatic rings. The fourth-order valence-electron chi connectivity index (χ4n) is 3.37. The number of amides is 1. The summed E-state index contributed by atoms with van der Waals surface area (Å²) in [7, 11) is 0. The summed E-state index contributed by atoms with van der Waals surface area (Å²) in [6.07, 6.45) is 8.06. The van der Waals surface area contributed by atoms with Gasteiger partial charge in [0.15, 0.2) is 0 Å². The third kappa shape index (κ3) is 2.86. The van der Waals surface area contributed by atoms with E-state index in [4.69, 9.17) is 4.42 Å². The Morgan fingerprint density at radius 2 is 2.26 bits per heavy atom. The Balaban J connectivity index is 1.55. The minimum atomic E-state index is 0.0414. The van der Waals surface area contributed by atoms with Gasteiger partial charge in [-0.2, -0.15) is 0 Å². The molecule has 1 amide bonds. The number of nitrogens with zero attached hydrogens (tertiary/aromatic N) is 3. The zero-order valence-corrected chi connectivity index (χ0v) is 13.1. The van der Waals surface area contributed by atoms with Gasteiger partial charge in [-0.25, -0.2) is 4.98 Å². The van der Waals surface area contributed by atoms with E-state index in [1.54, 1.807) is 12.4 Å². The van der Waals surface area contributed by atoms with Gasteiger partial charge in [-0.3, -0.25) is 9.78 Å². The molecule has 0 radical (unpaired) electrons. The number of hydrogen-bond acceptors (Lipinski definition) is 5. The second-order valence-corrected chi connectivity index (χ2v) is 6.32. The van der Waals surface area contributed by atoms with E-state index < -0.39 is 0 Å². The molecule has 1 aliphatic heterocycles. The van der Waals surface area contributed by atoms with E-state index in [0.29, 0.717) is 24.9 Å². The van der Waals surface area contributed by atoms with E-state index in [0.717, 1.165) is 24.2 Å². The van der Waals surface area contributed by atoms with Gasteiger partial charge < -0.3 is 14.6 Å². The Morgan fingerprint density at radius 3 is 2.91 bits per heavy atom. The molecule has 1 aliphatic carbocycles. The first-order valence-corrected chi connectivity index (χ1v) is 8.08. The Bertz CT molecular complexity index is 696. The number of pyridine rings is 1. The third-order valence-electron chi connectivity index (χ3n) is 4.51. The number of likely N-dealkylation sites (tertiary alicyclic amines) is 1. The number of nitrogens with one attached hydrogen (secondary N) is 1. The van der Waals surface area contributed by atoms with Crippen molar-refractivity contribution in [3.8, 4) is 0 Å². The van der Waals surface area contributed by atoms with Crippen LogP contribution in [-0.2, 0) is 11.3 Å². The van der Waals surface area contributed by atoms with Crippen LogP contribution in [0.2, 0.25) is 0 Å². The van der Waals surface area contributed by atoms with Gasteiger partial charge in [-0.05, 0) is 31.4 Å². The summed E-state index contributed by atoms with van der Waals surface area (Å²) in [5.74, 6) is 1.68. The Morgan fingerprint density at radius 1 is 1.39 bits per heavy atom. The van der Waals surface area contributed by atoms with E-state index in [9.17, 15) is 4.79 Å². The molecule has 2 atom stereocenters. The van der Waals surface area contributed by atoms with Gasteiger partial charge in [-0.15, -0.1) is 0 Å². The molecule has 1 saturated heterocycles. The zero-order valence-electron chi connectivity index (χ0n) is 13.1. The molecule has 1 saturated carbocycles. The molecule has 2 fully saturated rings. The van der Waals surface area contributed by atoms with Crippen molar-refractivity contribution < 1.29 is 9.21 Å². The number of carbonyl (C=O) groups is 1. The Hall–Kier alpha value is -2.21. The van der Waals surface area contributed by atoms with E-state index in [1.165, 1.54) is 0 Å². The number of oxazole rings is 1. The van der Waals surface area contributed by atoms with Crippen LogP contribution in [0.3, 0.4) is 0 Å². The van der Waals surface area contributed by atoms with Crippen molar-refractivity contribution in [3.63, 3.8) is 0 Å². The standard InChI is InChI=1S/C17H20N4O2/c1-11-8-20-15(23-11)10-19-14-7-16(22)21(13-4-5-13)17(14)12-3-2-6-18-9-12/h2-3,6,8-9,13-14,17,19H,4-5,7,10H2,1H3/t14-,17+/m1/s1. The van der Waals surface area contributed by atoms with Crippen molar-refractivity contribution in [2.24, 2.45) is 0 Å². The van der Waals surface area contributed by atoms with Gasteiger partial charge in [0.05, 0.1) is 18.8 Å². The fourth-order valence-corrected chi connectivity index (χ4v) is 3.37. The highest BCUT2D eigenvalue weighted by Gasteiger charge is 2.47. The second kappa shape index (κ2) is 5.77. The van der Waals surface area contributed by atoms with Gasteiger partial charge in [0, 0.05) is 30.9 Å². The van der Waals surface area contributed by atoms with Gasteiger partial charge in [0.25, 0.3) is 0 Å². The fraction of sp³-hybridized carbons (Fsp3) is 0.471. The van der Waals surface area contributed by atoms with Gasteiger partial charge in [0.2, 0.25) is 11.8 Å². The van der Waals surface area contributed by atoms with Crippen molar-refractivity contribution in [2.75, 3.05) is 0 Å². The first kappa shape index (κ1) is 14.4. The summed E-state index contributed by atoms with van der Waals surface area (Å²) in [5, 5.41) is 3.46. The molecule has 0 unspecified atom stereocenters. The number of rotatable bonds is 5. The first-order valence-electron chi connectivity index (χ1n) is 8.08. The molecule has 4 rings (SSSR count). The van der Waals surface area contributed by atoms with Crippen molar-refractivity contribution in [2.45, 2.75) is 50.9 Å². The molecular formula is C17H20N4O2. The number of hydrogen-bond donors (Lipinski definition) is 1. The molecule has 120 valence electrons. The van der Waals surface area contributed by atoms with E-state index in [-0.39, 0.29) is 18.0 Å². The van der Waals surface area contributed by atoms with Crippen LogP contribution in [0.1, 0.15) is 42.5 Å². The number of carbonyl (C=O) groups excluding carboxylic acids is 1. The zero-order chi connectivity index (χ0) is 15.8. The van der Waals surface area contributed by atoms with Crippen LogP contribution in [0.15, 0.2) is 35.1 Å². The Labute approximate surface area is 134 Å². The first-order chi connectivity index (χ1) is 11.2. The van der Waals surface area contributed by atoms with Crippen LogP contribution in [-0.4, -0.2) is 32.9 Å². The van der Waals surface area contributed by atoms with E-state index in [2.05, 4.69) is 26.3 Å². The molecule has 0 bridgehead atoms. The molecular weight excluding hydrogens is 292 g/mol. The lowest BCUT2D eigenvalue weighted by atomic mass is 10.0. The lowest BCUT2D eigenvalue weighted by Crippen LogP contribution is -2.37. The molecule has 23 heavy (non-hydrogen) atoms. The molecule has 6 nitrogen and oxygen atoms in total. The predicted molar refractivity (Wildman–Crippen MR) is 83.3 cm³/mol. The highest BCUT2D eigenvalue weighted by molar-refractivity contribution is 5.81. The smallest absolute Gasteiger partial charge is 0.225 e. The maximum atomic E-state index is 12.5. The van der Waals surface area contributed by atoms with Crippen molar-refractivity contribution in [1.82, 2.24) is 20.2 Å². The minimum absolute atomic E-state index is 0.0414. The van der Waals surface area contributed by atoms with Gasteiger partial charge in [-0.1, -0.05) is 6.07 Å². The maximum absolute atomic E-state index is 12.5. The quantitative estimate of drug-likeness (QED) is 0.914. The lowest BCUT2D eigenvalue weighted by Gasteiger charge is -2.28. The molecule has 1 N–H and O–H groups in total. The molecule has 0 spiro atoms. The molecule has 6 heteroatoms.